The van der Waals surface area contributed by atoms with E-state index in [0.717, 1.165) is 0 Å². The Kier molecular flexibility index (Phi) is 3.43. The second kappa shape index (κ2) is 4.78. The van der Waals surface area contributed by atoms with Crippen LogP contribution in [0.15, 0.2) is 30.3 Å². The van der Waals surface area contributed by atoms with E-state index in [0.29, 0.717) is 4.90 Å². The highest BCUT2D eigenvalue weighted by Gasteiger charge is 2.69. The van der Waals surface area contributed by atoms with Gasteiger partial charge in [-0.05, 0) is 19.1 Å². The highest BCUT2D eigenvalue weighted by atomic mass is 19.4. The number of anilines is 1. The van der Waals surface area contributed by atoms with Crippen LogP contribution in [-0.4, -0.2) is 30.4 Å². The summed E-state index contributed by atoms with van der Waals surface area (Å²) in [5.74, 6) is -1.50. The van der Waals surface area contributed by atoms with Gasteiger partial charge >= 0.3 is 17.9 Å². The summed E-state index contributed by atoms with van der Waals surface area (Å²) in [6.07, 6.45) is -5.06. The van der Waals surface area contributed by atoms with Crippen LogP contribution >= 0.6 is 0 Å². The summed E-state index contributed by atoms with van der Waals surface area (Å²) < 4.78 is 43.9. The van der Waals surface area contributed by atoms with Crippen molar-refractivity contribution in [2.24, 2.45) is 0 Å². The highest BCUT2D eigenvalue weighted by molar-refractivity contribution is 6.23. The zero-order chi connectivity index (χ0) is 15.0. The van der Waals surface area contributed by atoms with Crippen LogP contribution in [0.5, 0.6) is 0 Å². The van der Waals surface area contributed by atoms with Gasteiger partial charge in [-0.1, -0.05) is 18.2 Å². The summed E-state index contributed by atoms with van der Waals surface area (Å²) in [4.78, 5) is 24.2. The van der Waals surface area contributed by atoms with Gasteiger partial charge < -0.3 is 4.74 Å². The summed E-state index contributed by atoms with van der Waals surface area (Å²) in [6.45, 7) is 0.923. The molecule has 1 N–H and O–H groups in total. The summed E-state index contributed by atoms with van der Waals surface area (Å²) in [7, 11) is 0. The fraction of sp³-hybridized carbons (Fsp3) is 0.333. The van der Waals surface area contributed by atoms with Crippen LogP contribution < -0.4 is 10.2 Å². The zero-order valence-corrected chi connectivity index (χ0v) is 10.4. The molecule has 108 valence electrons. The molecule has 1 aromatic rings. The van der Waals surface area contributed by atoms with Crippen molar-refractivity contribution in [2.45, 2.75) is 18.8 Å². The van der Waals surface area contributed by atoms with E-state index >= 15 is 0 Å². The van der Waals surface area contributed by atoms with Crippen molar-refractivity contribution in [3.63, 3.8) is 0 Å². The smallest absolute Gasteiger partial charge is 0.340 e. The van der Waals surface area contributed by atoms with Crippen molar-refractivity contribution in [1.29, 1.82) is 0 Å². The number of rotatable bonds is 3. The van der Waals surface area contributed by atoms with E-state index in [1.807, 2.05) is 0 Å². The number of para-hydroxylation sites is 1. The first-order chi connectivity index (χ1) is 9.33. The average Bonchev–Trinajstić information content (AvgIpc) is 2.63. The highest BCUT2D eigenvalue weighted by Crippen LogP contribution is 2.38. The van der Waals surface area contributed by atoms with E-state index in [9.17, 15) is 22.8 Å². The lowest BCUT2D eigenvalue weighted by Crippen LogP contribution is -2.60. The van der Waals surface area contributed by atoms with Gasteiger partial charge in [-0.15, -0.1) is 0 Å². The van der Waals surface area contributed by atoms with Crippen molar-refractivity contribution in [2.75, 3.05) is 11.5 Å². The molecule has 20 heavy (non-hydrogen) atoms. The molecule has 1 heterocycles. The molecule has 0 unspecified atom stereocenters. The van der Waals surface area contributed by atoms with Crippen LogP contribution in [0, 0.1) is 0 Å². The lowest BCUT2D eigenvalue weighted by atomic mass is 10.2. The number of imide groups is 1. The predicted octanol–water partition coefficient (Wildman–Crippen LogP) is 2.04. The summed E-state index contributed by atoms with van der Waals surface area (Å²) in [5, 5.41) is 1.60. The molecule has 1 aliphatic rings. The lowest BCUT2D eigenvalue weighted by Gasteiger charge is -2.28. The number of urea groups is 1. The number of hydrogen-bond acceptors (Lipinski definition) is 3. The molecule has 1 aromatic carbocycles. The number of carbonyl (C=O) groups excluding carboxylic acids is 2. The van der Waals surface area contributed by atoms with Crippen LogP contribution in [0.2, 0.25) is 0 Å². The number of nitrogens with zero attached hydrogens (tertiary/aromatic N) is 1. The molecule has 1 atom stereocenters. The Hall–Kier alpha value is -2.09. The SMILES string of the molecule is CCO[C@]1(C(F)(F)F)NC(=O)N(c2ccccc2)C1=O. The van der Waals surface area contributed by atoms with Crippen molar-refractivity contribution in [3.05, 3.63) is 30.3 Å². The molecule has 0 aromatic heterocycles. The van der Waals surface area contributed by atoms with Gasteiger partial charge in [-0.2, -0.15) is 13.2 Å². The molecule has 1 aliphatic heterocycles. The number of hydrogen-bond donors (Lipinski definition) is 1. The van der Waals surface area contributed by atoms with Crippen molar-refractivity contribution in [3.8, 4) is 0 Å². The third-order valence-corrected chi connectivity index (χ3v) is 2.76. The largest absolute Gasteiger partial charge is 0.446 e. The number of alkyl halides is 3. The normalized spacial score (nSPS) is 23.1. The molecule has 3 amide bonds. The first kappa shape index (κ1) is 14.3. The number of carbonyl (C=O) groups is 2. The monoisotopic (exact) mass is 288 g/mol. The fourth-order valence-corrected chi connectivity index (χ4v) is 1.91. The predicted molar refractivity (Wildman–Crippen MR) is 62.9 cm³/mol. The minimum atomic E-state index is -5.06. The third-order valence-electron chi connectivity index (χ3n) is 2.76. The van der Waals surface area contributed by atoms with Crippen LogP contribution in [-0.2, 0) is 9.53 Å². The van der Waals surface area contributed by atoms with E-state index in [2.05, 4.69) is 4.74 Å². The average molecular weight is 288 g/mol. The van der Waals surface area contributed by atoms with Gasteiger partial charge in [-0.3, -0.25) is 10.1 Å². The molecule has 5 nitrogen and oxygen atoms in total. The Labute approximate surface area is 112 Å². The molecular weight excluding hydrogens is 277 g/mol. The van der Waals surface area contributed by atoms with Crippen molar-refractivity contribution in [1.82, 2.24) is 5.32 Å². The molecule has 0 aliphatic carbocycles. The van der Waals surface area contributed by atoms with Crippen LogP contribution in [0.1, 0.15) is 6.92 Å². The minimum Gasteiger partial charge on any atom is -0.340 e. The molecule has 0 saturated carbocycles. The molecule has 0 spiro atoms. The first-order valence-corrected chi connectivity index (χ1v) is 5.76. The van der Waals surface area contributed by atoms with Crippen LogP contribution in [0.4, 0.5) is 23.7 Å². The Morgan fingerprint density at radius 3 is 2.35 bits per heavy atom. The lowest BCUT2D eigenvalue weighted by molar-refractivity contribution is -0.267. The van der Waals surface area contributed by atoms with E-state index < -0.39 is 23.8 Å². The molecular formula is C12H11F3N2O3. The summed E-state index contributed by atoms with van der Waals surface area (Å²) >= 11 is 0. The third kappa shape index (κ3) is 2.01. The summed E-state index contributed by atoms with van der Waals surface area (Å²) in [6, 6.07) is 6.16. The zero-order valence-electron chi connectivity index (χ0n) is 10.4. The quantitative estimate of drug-likeness (QED) is 0.866. The number of halogens is 3. The molecule has 1 fully saturated rings. The molecule has 2 rings (SSSR count). The standard InChI is InChI=1S/C12H11F3N2O3/c1-2-20-11(12(13,14)15)9(18)17(10(19)16-11)8-6-4-3-5-7-8/h3-7H,2H2,1H3,(H,16,19)/t11-/m1/s1. The van der Waals surface area contributed by atoms with Gasteiger partial charge in [0.25, 0.3) is 5.91 Å². The van der Waals surface area contributed by atoms with Gasteiger partial charge in [0, 0.05) is 6.61 Å². The Morgan fingerprint density at radius 2 is 1.85 bits per heavy atom. The second-order valence-corrected chi connectivity index (χ2v) is 4.02. The number of ether oxygens (including phenoxy) is 1. The maximum atomic E-state index is 13.1. The van der Waals surface area contributed by atoms with Gasteiger partial charge in [0.15, 0.2) is 0 Å². The number of amides is 3. The van der Waals surface area contributed by atoms with Gasteiger partial charge in [0.1, 0.15) is 0 Å². The van der Waals surface area contributed by atoms with Crippen LogP contribution in [0.25, 0.3) is 0 Å². The van der Waals surface area contributed by atoms with E-state index in [1.54, 1.807) is 11.4 Å². The fourth-order valence-electron chi connectivity index (χ4n) is 1.91. The van der Waals surface area contributed by atoms with Gasteiger partial charge in [0.2, 0.25) is 0 Å². The Balaban J connectivity index is 2.46. The van der Waals surface area contributed by atoms with E-state index in [-0.39, 0.29) is 12.3 Å². The topological polar surface area (TPSA) is 58.6 Å². The van der Waals surface area contributed by atoms with Crippen molar-refractivity contribution < 1.29 is 27.5 Å². The number of nitrogens with one attached hydrogen (secondary N) is 1. The molecule has 1 saturated heterocycles. The van der Waals surface area contributed by atoms with Gasteiger partial charge in [0.05, 0.1) is 5.69 Å². The maximum absolute atomic E-state index is 13.1. The Bertz CT molecular complexity index is 532. The molecule has 0 bridgehead atoms. The van der Waals surface area contributed by atoms with Crippen molar-refractivity contribution >= 4 is 17.6 Å². The maximum Gasteiger partial charge on any atom is 0.446 e. The molecule has 8 heteroatoms. The van der Waals surface area contributed by atoms with E-state index in [1.165, 1.54) is 31.2 Å². The van der Waals surface area contributed by atoms with Crippen LogP contribution in [0.3, 0.4) is 0 Å². The molecule has 0 radical (unpaired) electrons. The van der Waals surface area contributed by atoms with Gasteiger partial charge in [-0.25, -0.2) is 9.69 Å². The Morgan fingerprint density at radius 1 is 1.25 bits per heavy atom. The summed E-state index contributed by atoms with van der Waals surface area (Å²) in [5.41, 5.74) is -3.28. The first-order valence-electron chi connectivity index (χ1n) is 5.76. The number of benzene rings is 1. The second-order valence-electron chi connectivity index (χ2n) is 4.02. The minimum absolute atomic E-state index is 0.0424. The van der Waals surface area contributed by atoms with E-state index in [4.69, 9.17) is 0 Å².